The van der Waals surface area contributed by atoms with E-state index >= 15 is 0 Å². The van der Waals surface area contributed by atoms with Crippen LogP contribution in [0.25, 0.3) is 21.5 Å². The van der Waals surface area contributed by atoms with Crippen molar-refractivity contribution in [3.63, 3.8) is 0 Å². The number of rotatable bonds is 6. The molecule has 0 aromatic heterocycles. The normalized spacial score (nSPS) is 11.9. The Kier molecular flexibility index (Phi) is 5.94. The first-order chi connectivity index (χ1) is 15.0. The van der Waals surface area contributed by atoms with E-state index in [0.29, 0.717) is 5.56 Å². The molecule has 0 saturated heterocycles. The van der Waals surface area contributed by atoms with E-state index < -0.39 is 17.8 Å². The van der Waals surface area contributed by atoms with Gasteiger partial charge in [-0.2, -0.15) is 0 Å². The molecule has 156 valence electrons. The number of methoxy groups -OCH3 is 1. The van der Waals surface area contributed by atoms with Gasteiger partial charge in [-0.25, -0.2) is 9.18 Å². The van der Waals surface area contributed by atoms with Crippen LogP contribution < -0.4 is 5.32 Å². The second kappa shape index (κ2) is 8.96. The molecule has 0 fully saturated rings. The number of hydrogen-bond acceptors (Lipinski definition) is 3. The smallest absolute Gasteiger partial charge is 0.328 e. The number of carbonyl (C=O) groups excluding carboxylic acids is 2. The van der Waals surface area contributed by atoms with Gasteiger partial charge in [0.2, 0.25) is 5.91 Å². The molecule has 0 radical (unpaired) electrons. The van der Waals surface area contributed by atoms with Gasteiger partial charge in [0, 0.05) is 6.42 Å². The zero-order chi connectivity index (χ0) is 21.8. The number of amides is 1. The van der Waals surface area contributed by atoms with Crippen LogP contribution in [0.5, 0.6) is 0 Å². The summed E-state index contributed by atoms with van der Waals surface area (Å²) in [4.78, 5) is 25.2. The Morgan fingerprint density at radius 2 is 1.55 bits per heavy atom. The van der Waals surface area contributed by atoms with E-state index in [0.717, 1.165) is 27.1 Å². The van der Waals surface area contributed by atoms with Crippen molar-refractivity contribution < 1.29 is 18.7 Å². The highest BCUT2D eigenvalue weighted by Crippen LogP contribution is 2.29. The number of hydrogen-bond donors (Lipinski definition) is 1. The van der Waals surface area contributed by atoms with Gasteiger partial charge < -0.3 is 10.1 Å². The van der Waals surface area contributed by atoms with Crippen LogP contribution >= 0.6 is 0 Å². The van der Waals surface area contributed by atoms with Gasteiger partial charge in [0.1, 0.15) is 11.9 Å². The quantitative estimate of drug-likeness (QED) is 0.371. The van der Waals surface area contributed by atoms with Gasteiger partial charge in [0.15, 0.2) is 0 Å². The Labute approximate surface area is 179 Å². The molecule has 4 aromatic rings. The van der Waals surface area contributed by atoms with Crippen LogP contribution in [-0.4, -0.2) is 25.0 Å². The van der Waals surface area contributed by atoms with Crippen molar-refractivity contribution in [1.29, 1.82) is 0 Å². The Hall–Kier alpha value is -3.73. The van der Waals surface area contributed by atoms with Crippen LogP contribution in [0.15, 0.2) is 78.9 Å². The fraction of sp³-hybridized carbons (Fsp3) is 0.154. The van der Waals surface area contributed by atoms with Crippen molar-refractivity contribution in [1.82, 2.24) is 5.32 Å². The van der Waals surface area contributed by atoms with E-state index in [9.17, 15) is 14.0 Å². The molecule has 0 saturated carbocycles. The Bertz CT molecular complexity index is 1210. The maximum Gasteiger partial charge on any atom is 0.328 e. The number of ether oxygens (including phenoxy) is 1. The van der Waals surface area contributed by atoms with Gasteiger partial charge in [0.05, 0.1) is 13.5 Å². The first-order valence-electron chi connectivity index (χ1n) is 10.1. The fourth-order valence-electron chi connectivity index (χ4n) is 3.95. The fourth-order valence-corrected chi connectivity index (χ4v) is 3.95. The summed E-state index contributed by atoms with van der Waals surface area (Å²) in [6.07, 6.45) is 0.255. The Morgan fingerprint density at radius 3 is 2.16 bits per heavy atom. The van der Waals surface area contributed by atoms with Crippen LogP contribution in [0.4, 0.5) is 4.39 Å². The lowest BCUT2D eigenvalue weighted by Crippen LogP contribution is -2.43. The molecule has 0 aliphatic rings. The highest BCUT2D eigenvalue weighted by Gasteiger charge is 2.24. The molecule has 0 unspecified atom stereocenters. The van der Waals surface area contributed by atoms with Crippen molar-refractivity contribution in [3.05, 3.63) is 95.8 Å². The Morgan fingerprint density at radius 1 is 0.903 bits per heavy atom. The molecule has 0 bridgehead atoms. The first kappa shape index (κ1) is 20.5. The standard InChI is InChI=1S/C26H22FNO3/c1-31-26(30)24(28-25(29)14-17-7-6-10-20(27)13-17)16-23-21-11-4-2-8-18(21)15-19-9-3-5-12-22(19)23/h2-13,15,24H,14,16H2,1H3,(H,28,29)/t24-/m0/s1. The summed E-state index contributed by atoms with van der Waals surface area (Å²) in [6, 6.07) is 23.1. The van der Waals surface area contributed by atoms with Crippen molar-refractivity contribution in [3.8, 4) is 0 Å². The lowest BCUT2D eigenvalue weighted by molar-refractivity contribution is -0.145. The molecule has 0 spiro atoms. The molecule has 1 amide bonds. The van der Waals surface area contributed by atoms with E-state index in [4.69, 9.17) is 4.74 Å². The Balaban J connectivity index is 1.67. The largest absolute Gasteiger partial charge is 0.467 e. The molecular weight excluding hydrogens is 393 g/mol. The number of fused-ring (bicyclic) bond motifs is 2. The van der Waals surface area contributed by atoms with E-state index in [2.05, 4.69) is 11.4 Å². The van der Waals surface area contributed by atoms with Gasteiger partial charge in [-0.05, 0) is 50.9 Å². The van der Waals surface area contributed by atoms with Gasteiger partial charge >= 0.3 is 5.97 Å². The summed E-state index contributed by atoms with van der Waals surface area (Å²) in [5, 5.41) is 6.94. The van der Waals surface area contributed by atoms with E-state index in [1.165, 1.54) is 19.2 Å². The number of nitrogens with one attached hydrogen (secondary N) is 1. The van der Waals surface area contributed by atoms with Crippen molar-refractivity contribution in [2.24, 2.45) is 0 Å². The zero-order valence-corrected chi connectivity index (χ0v) is 17.1. The minimum absolute atomic E-state index is 0.0263. The van der Waals surface area contributed by atoms with E-state index in [1.807, 2.05) is 48.5 Å². The molecule has 31 heavy (non-hydrogen) atoms. The molecule has 0 heterocycles. The van der Waals surface area contributed by atoms with Crippen LogP contribution in [0.1, 0.15) is 11.1 Å². The summed E-state index contributed by atoms with van der Waals surface area (Å²) in [5.41, 5.74) is 1.51. The van der Waals surface area contributed by atoms with Crippen LogP contribution in [-0.2, 0) is 27.2 Å². The molecule has 0 aliphatic carbocycles. The number of halogens is 1. The minimum Gasteiger partial charge on any atom is -0.467 e. The summed E-state index contributed by atoms with van der Waals surface area (Å²) in [6.45, 7) is 0. The average Bonchev–Trinajstić information content (AvgIpc) is 2.77. The highest BCUT2D eigenvalue weighted by atomic mass is 19.1. The molecular formula is C26H22FNO3. The molecule has 1 atom stereocenters. The number of benzene rings is 4. The van der Waals surface area contributed by atoms with E-state index in [-0.39, 0.29) is 18.7 Å². The molecule has 1 N–H and O–H groups in total. The second-order valence-corrected chi connectivity index (χ2v) is 7.45. The van der Waals surface area contributed by atoms with Crippen LogP contribution in [0, 0.1) is 5.82 Å². The summed E-state index contributed by atoms with van der Waals surface area (Å²) in [5.74, 6) is -1.30. The zero-order valence-electron chi connectivity index (χ0n) is 17.1. The van der Waals surface area contributed by atoms with Crippen LogP contribution in [0.2, 0.25) is 0 Å². The van der Waals surface area contributed by atoms with Crippen molar-refractivity contribution in [2.75, 3.05) is 7.11 Å². The first-order valence-corrected chi connectivity index (χ1v) is 10.1. The molecule has 4 rings (SSSR count). The molecule has 0 aliphatic heterocycles. The van der Waals surface area contributed by atoms with Gasteiger partial charge in [-0.1, -0.05) is 60.7 Å². The second-order valence-electron chi connectivity index (χ2n) is 7.45. The van der Waals surface area contributed by atoms with Gasteiger partial charge in [-0.15, -0.1) is 0 Å². The summed E-state index contributed by atoms with van der Waals surface area (Å²) in [7, 11) is 1.30. The average molecular weight is 415 g/mol. The number of carbonyl (C=O) groups is 2. The molecule has 4 aromatic carbocycles. The molecule has 4 nitrogen and oxygen atoms in total. The monoisotopic (exact) mass is 415 g/mol. The minimum atomic E-state index is -0.861. The van der Waals surface area contributed by atoms with E-state index in [1.54, 1.807) is 12.1 Å². The predicted octanol–water partition coefficient (Wildman–Crippen LogP) is 4.58. The summed E-state index contributed by atoms with van der Waals surface area (Å²) >= 11 is 0. The van der Waals surface area contributed by atoms with Gasteiger partial charge in [0.25, 0.3) is 0 Å². The van der Waals surface area contributed by atoms with Crippen molar-refractivity contribution in [2.45, 2.75) is 18.9 Å². The highest BCUT2D eigenvalue weighted by molar-refractivity contribution is 6.02. The predicted molar refractivity (Wildman–Crippen MR) is 119 cm³/mol. The SMILES string of the molecule is COC(=O)[C@H](Cc1c2ccccc2cc2ccccc12)NC(=O)Cc1cccc(F)c1. The maximum atomic E-state index is 13.4. The molecule has 5 heteroatoms. The third-order valence-corrected chi connectivity index (χ3v) is 5.37. The maximum absolute atomic E-state index is 13.4. The topological polar surface area (TPSA) is 55.4 Å². The third-order valence-electron chi connectivity index (χ3n) is 5.37. The lowest BCUT2D eigenvalue weighted by Gasteiger charge is -2.19. The third kappa shape index (κ3) is 4.56. The lowest BCUT2D eigenvalue weighted by atomic mass is 9.92. The summed E-state index contributed by atoms with van der Waals surface area (Å²) < 4.78 is 18.4. The number of esters is 1. The van der Waals surface area contributed by atoms with Gasteiger partial charge in [-0.3, -0.25) is 4.79 Å². The van der Waals surface area contributed by atoms with Crippen LogP contribution in [0.3, 0.4) is 0 Å². The van der Waals surface area contributed by atoms with Crippen molar-refractivity contribution >= 4 is 33.4 Å².